The normalized spacial score (nSPS) is 16.0. The van der Waals surface area contributed by atoms with Gasteiger partial charge in [0.2, 0.25) is 0 Å². The molecule has 1 aromatic carbocycles. The Kier molecular flexibility index (Phi) is 3.13. The number of nitrogens with one attached hydrogen (secondary N) is 1. The fourth-order valence-electron chi connectivity index (χ4n) is 2.28. The Balaban J connectivity index is 1.82. The summed E-state index contributed by atoms with van der Waals surface area (Å²) in [6.45, 7) is 0. The van der Waals surface area contributed by atoms with E-state index >= 15 is 0 Å². The van der Waals surface area contributed by atoms with E-state index in [9.17, 15) is 14.7 Å². The molecule has 0 atom stereocenters. The quantitative estimate of drug-likeness (QED) is 0.842. The number of amides is 1. The first-order valence-electron chi connectivity index (χ1n) is 6.50. The van der Waals surface area contributed by atoms with E-state index in [2.05, 4.69) is 20.8 Å². The Morgan fingerprint density at radius 2 is 2.14 bits per heavy atom. The van der Waals surface area contributed by atoms with Crippen LogP contribution in [0.2, 0.25) is 0 Å². The topological polar surface area (TPSA) is 110 Å². The summed E-state index contributed by atoms with van der Waals surface area (Å²) < 4.78 is 1.42. The molecule has 0 spiro atoms. The third-order valence-corrected chi connectivity index (χ3v) is 3.69. The molecule has 3 rings (SSSR count). The molecule has 1 saturated carbocycles. The van der Waals surface area contributed by atoms with E-state index in [1.165, 1.54) is 11.0 Å². The van der Waals surface area contributed by atoms with Crippen molar-refractivity contribution in [3.8, 4) is 5.69 Å². The minimum atomic E-state index is -1.12. The zero-order valence-electron chi connectivity index (χ0n) is 11.1. The maximum atomic E-state index is 12.2. The van der Waals surface area contributed by atoms with Crippen molar-refractivity contribution in [2.75, 3.05) is 0 Å². The zero-order valence-corrected chi connectivity index (χ0v) is 11.1. The van der Waals surface area contributed by atoms with Gasteiger partial charge in [-0.15, -0.1) is 5.10 Å². The van der Waals surface area contributed by atoms with Crippen molar-refractivity contribution in [1.29, 1.82) is 0 Å². The average Bonchev–Trinajstić information content (AvgIpc) is 2.96. The zero-order chi connectivity index (χ0) is 14.9. The molecule has 0 unspecified atom stereocenters. The summed E-state index contributed by atoms with van der Waals surface area (Å²) in [7, 11) is 0. The first kappa shape index (κ1) is 13.2. The first-order valence-corrected chi connectivity index (χ1v) is 6.50. The summed E-state index contributed by atoms with van der Waals surface area (Å²) >= 11 is 0. The molecular formula is C13H13N5O3. The maximum Gasteiger partial charge on any atom is 0.329 e. The standard InChI is InChI=1S/C13H13N5O3/c19-11(15-13(12(20)21)5-2-6-13)9-3-1-4-10(7-9)18-8-14-16-17-18/h1,3-4,7-8H,2,5-6H2,(H,15,19)(H,20,21). The van der Waals surface area contributed by atoms with Crippen LogP contribution in [0, 0.1) is 0 Å². The van der Waals surface area contributed by atoms with Gasteiger partial charge in [0.25, 0.3) is 5.91 Å². The van der Waals surface area contributed by atoms with Crippen LogP contribution in [0.1, 0.15) is 29.6 Å². The summed E-state index contributed by atoms with van der Waals surface area (Å²) in [5.74, 6) is -1.40. The predicted octanol–water partition coefficient (Wildman–Crippen LogP) is 0.399. The molecule has 1 aliphatic carbocycles. The molecule has 21 heavy (non-hydrogen) atoms. The second-order valence-electron chi connectivity index (χ2n) is 5.00. The highest BCUT2D eigenvalue weighted by molar-refractivity contribution is 5.98. The number of nitrogens with zero attached hydrogens (tertiary/aromatic N) is 4. The highest BCUT2D eigenvalue weighted by Crippen LogP contribution is 2.32. The van der Waals surface area contributed by atoms with Gasteiger partial charge in [0.15, 0.2) is 0 Å². The molecule has 8 heteroatoms. The second-order valence-corrected chi connectivity index (χ2v) is 5.00. The number of aromatic nitrogens is 4. The Bertz CT molecular complexity index is 679. The van der Waals surface area contributed by atoms with Crippen molar-refractivity contribution >= 4 is 11.9 Å². The van der Waals surface area contributed by atoms with Crippen LogP contribution in [-0.4, -0.2) is 42.7 Å². The predicted molar refractivity (Wildman–Crippen MR) is 70.8 cm³/mol. The van der Waals surface area contributed by atoms with E-state index in [-0.39, 0.29) is 0 Å². The number of benzene rings is 1. The van der Waals surface area contributed by atoms with E-state index < -0.39 is 17.4 Å². The van der Waals surface area contributed by atoms with E-state index in [4.69, 9.17) is 0 Å². The lowest BCUT2D eigenvalue weighted by Gasteiger charge is -2.38. The lowest BCUT2D eigenvalue weighted by Crippen LogP contribution is -2.59. The number of carboxylic acid groups (broad SMARTS) is 1. The van der Waals surface area contributed by atoms with Crippen molar-refractivity contribution in [2.45, 2.75) is 24.8 Å². The fraction of sp³-hybridized carbons (Fsp3) is 0.308. The van der Waals surface area contributed by atoms with Crippen molar-refractivity contribution in [3.05, 3.63) is 36.2 Å². The molecule has 2 N–H and O–H groups in total. The van der Waals surface area contributed by atoms with Crippen LogP contribution in [0.25, 0.3) is 5.69 Å². The van der Waals surface area contributed by atoms with Gasteiger partial charge >= 0.3 is 5.97 Å². The van der Waals surface area contributed by atoms with E-state index in [0.29, 0.717) is 24.1 Å². The molecule has 0 aliphatic heterocycles. The van der Waals surface area contributed by atoms with Crippen molar-refractivity contribution < 1.29 is 14.7 Å². The van der Waals surface area contributed by atoms with Gasteiger partial charge in [0.1, 0.15) is 11.9 Å². The highest BCUT2D eigenvalue weighted by Gasteiger charge is 2.45. The van der Waals surface area contributed by atoms with Crippen LogP contribution in [-0.2, 0) is 4.79 Å². The fourth-order valence-corrected chi connectivity index (χ4v) is 2.28. The maximum absolute atomic E-state index is 12.2. The Morgan fingerprint density at radius 3 is 2.71 bits per heavy atom. The van der Waals surface area contributed by atoms with Gasteiger partial charge in [-0.2, -0.15) is 0 Å². The third-order valence-electron chi connectivity index (χ3n) is 3.69. The Labute approximate surface area is 119 Å². The molecule has 0 saturated heterocycles. The monoisotopic (exact) mass is 287 g/mol. The van der Waals surface area contributed by atoms with Gasteiger partial charge in [0.05, 0.1) is 5.69 Å². The van der Waals surface area contributed by atoms with Gasteiger partial charge in [-0.3, -0.25) is 4.79 Å². The summed E-state index contributed by atoms with van der Waals surface area (Å²) in [4.78, 5) is 23.5. The molecule has 108 valence electrons. The number of carboxylic acids is 1. The lowest BCUT2D eigenvalue weighted by molar-refractivity contribution is -0.148. The van der Waals surface area contributed by atoms with Crippen LogP contribution in [0.4, 0.5) is 0 Å². The molecule has 1 aromatic heterocycles. The molecule has 8 nitrogen and oxygen atoms in total. The van der Waals surface area contributed by atoms with Gasteiger partial charge in [-0.1, -0.05) is 6.07 Å². The molecule has 1 aliphatic rings. The third kappa shape index (κ3) is 2.35. The summed E-state index contributed by atoms with van der Waals surface area (Å²) in [6, 6.07) is 6.68. The minimum absolute atomic E-state index is 0.371. The van der Waals surface area contributed by atoms with Crippen molar-refractivity contribution in [1.82, 2.24) is 25.5 Å². The SMILES string of the molecule is O=C(NC1(C(=O)O)CCC1)c1cccc(-n2cnnn2)c1. The number of rotatable bonds is 4. The molecule has 0 radical (unpaired) electrons. The summed E-state index contributed by atoms with van der Waals surface area (Å²) in [5.41, 5.74) is -0.122. The first-order chi connectivity index (χ1) is 10.1. The lowest BCUT2D eigenvalue weighted by atomic mass is 9.76. The second kappa shape index (κ2) is 4.97. The van der Waals surface area contributed by atoms with Crippen LogP contribution in [0.5, 0.6) is 0 Å². The van der Waals surface area contributed by atoms with Crippen LogP contribution < -0.4 is 5.32 Å². The molecule has 2 aromatic rings. The van der Waals surface area contributed by atoms with Crippen LogP contribution >= 0.6 is 0 Å². The van der Waals surface area contributed by atoms with Crippen molar-refractivity contribution in [3.63, 3.8) is 0 Å². The average molecular weight is 287 g/mol. The Hall–Kier alpha value is -2.77. The number of carbonyl (C=O) groups excluding carboxylic acids is 1. The van der Waals surface area contributed by atoms with E-state index in [1.54, 1.807) is 24.3 Å². The van der Waals surface area contributed by atoms with Crippen LogP contribution in [0.3, 0.4) is 0 Å². The van der Waals surface area contributed by atoms with Crippen molar-refractivity contribution in [2.24, 2.45) is 0 Å². The minimum Gasteiger partial charge on any atom is -0.480 e. The molecule has 1 heterocycles. The van der Waals surface area contributed by atoms with Gasteiger partial charge < -0.3 is 10.4 Å². The van der Waals surface area contributed by atoms with Gasteiger partial charge in [-0.25, -0.2) is 9.48 Å². The number of tetrazole rings is 1. The number of carbonyl (C=O) groups is 2. The van der Waals surface area contributed by atoms with Gasteiger partial charge in [-0.05, 0) is 47.9 Å². The van der Waals surface area contributed by atoms with Gasteiger partial charge in [0, 0.05) is 5.56 Å². The number of hydrogen-bond donors (Lipinski definition) is 2. The molecule has 1 amide bonds. The largest absolute Gasteiger partial charge is 0.480 e. The molecule has 0 bridgehead atoms. The highest BCUT2D eigenvalue weighted by atomic mass is 16.4. The number of aliphatic carboxylic acids is 1. The van der Waals surface area contributed by atoms with E-state index in [1.807, 2.05) is 0 Å². The summed E-state index contributed by atoms with van der Waals surface area (Å²) in [5, 5.41) is 22.7. The summed E-state index contributed by atoms with van der Waals surface area (Å²) in [6.07, 6.45) is 3.14. The van der Waals surface area contributed by atoms with Crippen LogP contribution in [0.15, 0.2) is 30.6 Å². The molecule has 1 fully saturated rings. The smallest absolute Gasteiger partial charge is 0.329 e. The van der Waals surface area contributed by atoms with E-state index in [0.717, 1.165) is 6.42 Å². The number of hydrogen-bond acceptors (Lipinski definition) is 5. The molecular weight excluding hydrogens is 274 g/mol. The Morgan fingerprint density at radius 1 is 1.33 bits per heavy atom.